The Morgan fingerprint density at radius 3 is 2.36 bits per heavy atom. The number of carbonyl (C=O) groups excluding carboxylic acids is 2. The topological polar surface area (TPSA) is 70.7 Å². The van der Waals surface area contributed by atoms with Crippen LogP contribution in [0.5, 0.6) is 5.75 Å². The molecule has 190 valence electrons. The number of rotatable bonds is 9. The molecular weight excluding hydrogens is 477 g/mol. The van der Waals surface area contributed by atoms with Crippen molar-refractivity contribution in [3.05, 3.63) is 89.3 Å². The molecule has 2 aromatic rings. The number of hydrogen-bond donors (Lipinski definition) is 3. The lowest BCUT2D eigenvalue weighted by Gasteiger charge is -2.41. The van der Waals surface area contributed by atoms with Crippen molar-refractivity contribution in [3.8, 4) is 5.75 Å². The number of benzene rings is 2. The van der Waals surface area contributed by atoms with Gasteiger partial charge in [0.2, 0.25) is 11.8 Å². The Bertz CT molecular complexity index is 1110. The standard InChI is InChI=1S/C28H32FN3O3S/c29-24-10-6-21(7-11-24)18-26(33)32-16-14-28(15-17-32,23-4-2-1-3-5-23)27(34)30-19-22-8-12-25(13-9-22)35-31-20-36/h1-6,8-10,12-13,31,36H,7,11,14-20H2,(H,30,34). The summed E-state index contributed by atoms with van der Waals surface area (Å²) in [5.74, 6) is 0.930. The fourth-order valence-corrected chi connectivity index (χ4v) is 4.86. The van der Waals surface area contributed by atoms with Gasteiger partial charge in [-0.05, 0) is 48.6 Å². The highest BCUT2D eigenvalue weighted by Gasteiger charge is 2.43. The number of nitrogens with one attached hydrogen (secondary N) is 2. The van der Waals surface area contributed by atoms with Crippen molar-refractivity contribution < 1.29 is 18.8 Å². The Morgan fingerprint density at radius 2 is 1.72 bits per heavy atom. The summed E-state index contributed by atoms with van der Waals surface area (Å²) in [6.07, 6.45) is 5.51. The molecule has 2 aliphatic rings. The maximum Gasteiger partial charge on any atom is 0.231 e. The van der Waals surface area contributed by atoms with Crippen molar-refractivity contribution in [2.75, 3.05) is 19.0 Å². The number of piperidine rings is 1. The predicted molar refractivity (Wildman–Crippen MR) is 141 cm³/mol. The van der Waals surface area contributed by atoms with E-state index in [0.29, 0.717) is 63.4 Å². The molecular formula is C28H32FN3O3S. The van der Waals surface area contributed by atoms with E-state index in [1.807, 2.05) is 59.5 Å². The number of hydrogen-bond acceptors (Lipinski definition) is 5. The quantitative estimate of drug-likeness (QED) is 0.263. The summed E-state index contributed by atoms with van der Waals surface area (Å²) in [5, 5.41) is 3.12. The van der Waals surface area contributed by atoms with Crippen molar-refractivity contribution in [2.45, 2.75) is 44.1 Å². The number of carbonyl (C=O) groups is 2. The molecule has 0 unspecified atom stereocenters. The van der Waals surface area contributed by atoms with Crippen molar-refractivity contribution in [1.29, 1.82) is 0 Å². The first-order chi connectivity index (χ1) is 17.5. The second-order valence-electron chi connectivity index (χ2n) is 9.18. The molecule has 6 nitrogen and oxygen atoms in total. The molecule has 2 amide bonds. The molecule has 0 spiro atoms. The number of thiol groups is 1. The molecule has 1 aliphatic carbocycles. The lowest BCUT2D eigenvalue weighted by molar-refractivity contribution is -0.136. The van der Waals surface area contributed by atoms with Gasteiger partial charge in [0.05, 0.1) is 11.3 Å². The molecule has 2 aromatic carbocycles. The maximum absolute atomic E-state index is 13.6. The third kappa shape index (κ3) is 6.36. The molecule has 8 heteroatoms. The van der Waals surface area contributed by atoms with Crippen LogP contribution in [0.15, 0.2) is 78.1 Å². The third-order valence-electron chi connectivity index (χ3n) is 6.92. The summed E-state index contributed by atoms with van der Waals surface area (Å²) in [7, 11) is 0. The van der Waals surface area contributed by atoms with E-state index in [1.165, 1.54) is 6.08 Å². The number of hydroxylamine groups is 1. The van der Waals surface area contributed by atoms with Gasteiger partial charge in [-0.2, -0.15) is 12.6 Å². The van der Waals surface area contributed by atoms with Crippen LogP contribution in [0.25, 0.3) is 0 Å². The molecule has 1 aliphatic heterocycles. The molecule has 0 saturated carbocycles. The Labute approximate surface area is 217 Å². The zero-order chi connectivity index (χ0) is 25.4. The van der Waals surface area contributed by atoms with Crippen LogP contribution in [0.3, 0.4) is 0 Å². The number of halogens is 1. The van der Waals surface area contributed by atoms with Crippen LogP contribution in [0.4, 0.5) is 4.39 Å². The van der Waals surface area contributed by atoms with E-state index >= 15 is 0 Å². The molecule has 36 heavy (non-hydrogen) atoms. The zero-order valence-corrected chi connectivity index (χ0v) is 21.1. The summed E-state index contributed by atoms with van der Waals surface area (Å²) < 4.78 is 13.3. The minimum Gasteiger partial charge on any atom is -0.408 e. The van der Waals surface area contributed by atoms with Gasteiger partial charge in [-0.1, -0.05) is 54.1 Å². The number of likely N-dealkylation sites (tertiary alicyclic amines) is 1. The molecule has 0 bridgehead atoms. The molecule has 1 saturated heterocycles. The minimum atomic E-state index is -0.701. The molecule has 2 N–H and O–H groups in total. The first kappa shape index (κ1) is 26.0. The largest absolute Gasteiger partial charge is 0.408 e. The van der Waals surface area contributed by atoms with Gasteiger partial charge < -0.3 is 15.1 Å². The van der Waals surface area contributed by atoms with Crippen molar-refractivity contribution in [3.63, 3.8) is 0 Å². The highest BCUT2D eigenvalue weighted by molar-refractivity contribution is 7.80. The van der Waals surface area contributed by atoms with Gasteiger partial charge >= 0.3 is 0 Å². The van der Waals surface area contributed by atoms with Crippen molar-refractivity contribution in [1.82, 2.24) is 15.7 Å². The normalized spacial score (nSPS) is 17.1. The fraction of sp³-hybridized carbons (Fsp3) is 0.357. The van der Waals surface area contributed by atoms with E-state index in [0.717, 1.165) is 16.7 Å². The first-order valence-electron chi connectivity index (χ1n) is 12.3. The molecule has 0 radical (unpaired) electrons. The molecule has 4 rings (SSSR count). The molecule has 1 fully saturated rings. The monoisotopic (exact) mass is 509 g/mol. The van der Waals surface area contributed by atoms with E-state index in [1.54, 1.807) is 6.08 Å². The average molecular weight is 510 g/mol. The van der Waals surface area contributed by atoms with E-state index in [-0.39, 0.29) is 17.6 Å². The SMILES string of the molecule is O=C(CC1=CC=C(F)CC1)N1CCC(C(=O)NCc2ccc(ONCS)cc2)(c2ccccc2)CC1. The van der Waals surface area contributed by atoms with E-state index < -0.39 is 5.41 Å². The fourth-order valence-electron chi connectivity index (χ4n) is 4.79. The smallest absolute Gasteiger partial charge is 0.231 e. The lowest BCUT2D eigenvalue weighted by Crippen LogP contribution is -2.52. The molecule has 0 atom stereocenters. The van der Waals surface area contributed by atoms with Crippen LogP contribution < -0.4 is 15.6 Å². The van der Waals surface area contributed by atoms with Gasteiger partial charge in [0, 0.05) is 32.5 Å². The second kappa shape index (κ2) is 12.2. The zero-order valence-electron chi connectivity index (χ0n) is 20.2. The van der Waals surface area contributed by atoms with Gasteiger partial charge in [0.15, 0.2) is 0 Å². The summed E-state index contributed by atoms with van der Waals surface area (Å²) in [4.78, 5) is 33.7. The van der Waals surface area contributed by atoms with E-state index in [9.17, 15) is 14.0 Å². The number of nitrogens with zero attached hydrogens (tertiary/aromatic N) is 1. The van der Waals surface area contributed by atoms with Gasteiger partial charge in [-0.3, -0.25) is 9.59 Å². The lowest BCUT2D eigenvalue weighted by atomic mass is 9.72. The summed E-state index contributed by atoms with van der Waals surface area (Å²) in [5.41, 5.74) is 4.86. The van der Waals surface area contributed by atoms with E-state index in [4.69, 9.17) is 4.84 Å². The second-order valence-corrected chi connectivity index (χ2v) is 9.49. The minimum absolute atomic E-state index is 0.0338. The van der Waals surface area contributed by atoms with Gasteiger partial charge in [-0.15, -0.1) is 5.48 Å². The summed E-state index contributed by atoms with van der Waals surface area (Å²) in [6, 6.07) is 17.3. The van der Waals surface area contributed by atoms with Crippen LogP contribution in [0.2, 0.25) is 0 Å². The number of allylic oxidation sites excluding steroid dienone is 3. The Morgan fingerprint density at radius 1 is 1.00 bits per heavy atom. The Kier molecular flexibility index (Phi) is 8.83. The van der Waals surface area contributed by atoms with Crippen LogP contribution in [0, 0.1) is 0 Å². The highest BCUT2D eigenvalue weighted by atomic mass is 32.1. The predicted octanol–water partition coefficient (Wildman–Crippen LogP) is 4.60. The van der Waals surface area contributed by atoms with Gasteiger partial charge in [0.25, 0.3) is 0 Å². The average Bonchev–Trinajstić information content (AvgIpc) is 2.93. The molecule has 1 heterocycles. The molecule has 0 aromatic heterocycles. The summed E-state index contributed by atoms with van der Waals surface area (Å²) >= 11 is 4.04. The van der Waals surface area contributed by atoms with Crippen LogP contribution >= 0.6 is 12.6 Å². The van der Waals surface area contributed by atoms with Crippen LogP contribution in [-0.2, 0) is 21.5 Å². The van der Waals surface area contributed by atoms with Crippen molar-refractivity contribution >= 4 is 24.4 Å². The third-order valence-corrected chi connectivity index (χ3v) is 7.05. The van der Waals surface area contributed by atoms with Crippen molar-refractivity contribution in [2.24, 2.45) is 0 Å². The first-order valence-corrected chi connectivity index (χ1v) is 12.9. The van der Waals surface area contributed by atoms with Gasteiger partial charge in [-0.25, -0.2) is 4.39 Å². The summed E-state index contributed by atoms with van der Waals surface area (Å²) in [6.45, 7) is 1.40. The Balaban J connectivity index is 1.40. The Hall–Kier alpha value is -3.10. The van der Waals surface area contributed by atoms with Crippen LogP contribution in [0.1, 0.15) is 43.2 Å². The highest BCUT2D eigenvalue weighted by Crippen LogP contribution is 2.36. The van der Waals surface area contributed by atoms with Gasteiger partial charge in [0.1, 0.15) is 11.6 Å². The van der Waals surface area contributed by atoms with Crippen LogP contribution in [-0.4, -0.2) is 35.7 Å². The maximum atomic E-state index is 13.6. The van der Waals surface area contributed by atoms with E-state index in [2.05, 4.69) is 23.4 Å². The number of amides is 2.